The summed E-state index contributed by atoms with van der Waals surface area (Å²) in [6.45, 7) is 4.54. The SMILES string of the molecule is CC(C)c1c(C(=O)NCc2ccc(S(N)(=O)=O)cc2)nc(-c2ccc(F)cc2)n1CCC1CCCC(=O)O1. The van der Waals surface area contributed by atoms with Gasteiger partial charge in [-0.3, -0.25) is 9.59 Å². The van der Waals surface area contributed by atoms with Gasteiger partial charge in [-0.1, -0.05) is 26.0 Å². The third kappa shape index (κ3) is 6.46. The van der Waals surface area contributed by atoms with E-state index in [1.165, 1.54) is 24.3 Å². The molecule has 9 nitrogen and oxygen atoms in total. The molecule has 1 aliphatic heterocycles. The molecule has 0 radical (unpaired) electrons. The number of amides is 1. The predicted molar refractivity (Wildman–Crippen MR) is 139 cm³/mol. The fourth-order valence-electron chi connectivity index (χ4n) is 4.58. The second kappa shape index (κ2) is 11.4. The lowest BCUT2D eigenvalue weighted by molar-refractivity contribution is -0.154. The number of esters is 1. The van der Waals surface area contributed by atoms with Gasteiger partial charge in [0.15, 0.2) is 0 Å². The zero-order valence-corrected chi connectivity index (χ0v) is 22.1. The van der Waals surface area contributed by atoms with Gasteiger partial charge in [0.05, 0.1) is 10.6 Å². The molecular formula is C27H31FN4O5S. The minimum atomic E-state index is -3.81. The molecule has 4 rings (SSSR count). The molecule has 38 heavy (non-hydrogen) atoms. The van der Waals surface area contributed by atoms with Crippen LogP contribution in [-0.4, -0.2) is 35.9 Å². The van der Waals surface area contributed by atoms with E-state index in [4.69, 9.17) is 14.9 Å². The molecule has 1 unspecified atom stereocenters. The molecule has 2 heterocycles. The first-order chi connectivity index (χ1) is 18.0. The third-order valence-corrected chi connectivity index (χ3v) is 7.39. The van der Waals surface area contributed by atoms with Crippen LogP contribution in [-0.2, 0) is 32.6 Å². The van der Waals surface area contributed by atoms with Crippen molar-refractivity contribution in [3.8, 4) is 11.4 Å². The van der Waals surface area contributed by atoms with Crippen LogP contribution in [0.4, 0.5) is 4.39 Å². The molecule has 1 saturated heterocycles. The molecule has 0 bridgehead atoms. The molecule has 3 N–H and O–H groups in total. The summed E-state index contributed by atoms with van der Waals surface area (Å²) in [7, 11) is -3.81. The minimum Gasteiger partial charge on any atom is -0.462 e. The standard InChI is InChI=1S/C27H31FN4O5S/c1-17(2)25-24(27(34)30-16-18-6-12-22(13-7-18)38(29,35)36)31-26(19-8-10-20(28)11-9-19)32(25)15-14-21-4-3-5-23(33)37-21/h6-13,17,21H,3-5,14-16H2,1-2H3,(H,30,34)(H2,29,35,36). The maximum atomic E-state index is 13.6. The number of ether oxygens (including phenoxy) is 1. The number of nitrogens with two attached hydrogens (primary N) is 1. The van der Waals surface area contributed by atoms with Crippen molar-refractivity contribution in [2.24, 2.45) is 5.14 Å². The highest BCUT2D eigenvalue weighted by molar-refractivity contribution is 7.89. The lowest BCUT2D eigenvalue weighted by atomic mass is 10.0. The van der Waals surface area contributed by atoms with Crippen LogP contribution in [0.2, 0.25) is 0 Å². The number of sulfonamides is 1. The summed E-state index contributed by atoms with van der Waals surface area (Å²) in [6.07, 6.45) is 2.34. The second-order valence-corrected chi connectivity index (χ2v) is 11.2. The number of carbonyl (C=O) groups excluding carboxylic acids is 2. The number of hydrogen-bond donors (Lipinski definition) is 2. The number of nitrogens with zero attached hydrogens (tertiary/aromatic N) is 2. The van der Waals surface area contributed by atoms with Crippen molar-refractivity contribution in [1.82, 2.24) is 14.9 Å². The van der Waals surface area contributed by atoms with Crippen LogP contribution in [0.15, 0.2) is 53.4 Å². The van der Waals surface area contributed by atoms with Crippen molar-refractivity contribution < 1.29 is 27.1 Å². The molecule has 0 aliphatic carbocycles. The Kier molecular flexibility index (Phi) is 8.27. The van der Waals surface area contributed by atoms with E-state index in [2.05, 4.69) is 5.32 Å². The summed E-state index contributed by atoms with van der Waals surface area (Å²) in [4.78, 5) is 29.8. The molecule has 1 aromatic heterocycles. The van der Waals surface area contributed by atoms with Crippen LogP contribution in [0, 0.1) is 5.82 Å². The van der Waals surface area contributed by atoms with Gasteiger partial charge in [0.1, 0.15) is 23.4 Å². The van der Waals surface area contributed by atoms with Crippen molar-refractivity contribution in [3.63, 3.8) is 0 Å². The Morgan fingerprint density at radius 1 is 1.18 bits per heavy atom. The van der Waals surface area contributed by atoms with Gasteiger partial charge in [-0.05, 0) is 60.7 Å². The summed E-state index contributed by atoms with van der Waals surface area (Å²) in [5, 5.41) is 8.00. The first kappa shape index (κ1) is 27.5. The number of aromatic nitrogens is 2. The highest BCUT2D eigenvalue weighted by atomic mass is 32.2. The molecule has 2 aromatic carbocycles. The molecule has 202 valence electrons. The monoisotopic (exact) mass is 542 g/mol. The van der Waals surface area contributed by atoms with Gasteiger partial charge in [-0.2, -0.15) is 0 Å². The Morgan fingerprint density at radius 2 is 1.87 bits per heavy atom. The number of rotatable bonds is 9. The molecule has 1 fully saturated rings. The Morgan fingerprint density at radius 3 is 2.47 bits per heavy atom. The molecule has 3 aromatic rings. The average molecular weight is 543 g/mol. The smallest absolute Gasteiger partial charge is 0.306 e. The van der Waals surface area contributed by atoms with E-state index >= 15 is 0 Å². The summed E-state index contributed by atoms with van der Waals surface area (Å²) >= 11 is 0. The van der Waals surface area contributed by atoms with E-state index in [1.54, 1.807) is 24.3 Å². The van der Waals surface area contributed by atoms with Crippen LogP contribution in [0.1, 0.15) is 67.2 Å². The number of imidazole rings is 1. The van der Waals surface area contributed by atoms with E-state index in [0.29, 0.717) is 42.0 Å². The van der Waals surface area contributed by atoms with Crippen molar-refractivity contribution >= 4 is 21.9 Å². The number of benzene rings is 2. The quantitative estimate of drug-likeness (QED) is 0.394. The second-order valence-electron chi connectivity index (χ2n) is 9.65. The van der Waals surface area contributed by atoms with Gasteiger partial charge in [0, 0.05) is 31.5 Å². The van der Waals surface area contributed by atoms with Crippen LogP contribution in [0.5, 0.6) is 0 Å². The summed E-state index contributed by atoms with van der Waals surface area (Å²) < 4.78 is 44.1. The Balaban J connectivity index is 1.62. The van der Waals surface area contributed by atoms with Gasteiger partial charge in [-0.15, -0.1) is 0 Å². The maximum absolute atomic E-state index is 13.6. The fraction of sp³-hybridized carbons (Fsp3) is 0.370. The molecule has 1 aliphatic rings. The number of primary sulfonamides is 1. The van der Waals surface area contributed by atoms with Gasteiger partial charge in [0.2, 0.25) is 10.0 Å². The third-order valence-electron chi connectivity index (χ3n) is 6.46. The first-order valence-corrected chi connectivity index (χ1v) is 14.0. The predicted octanol–water partition coefficient (Wildman–Crippen LogP) is 3.88. The minimum absolute atomic E-state index is 0.0130. The van der Waals surface area contributed by atoms with Crippen LogP contribution in [0.3, 0.4) is 0 Å². The molecule has 11 heteroatoms. The summed E-state index contributed by atoms with van der Waals surface area (Å²) in [5.74, 6) is -0.516. The van der Waals surface area contributed by atoms with E-state index < -0.39 is 15.9 Å². The largest absolute Gasteiger partial charge is 0.462 e. The van der Waals surface area contributed by atoms with E-state index in [1.807, 2.05) is 18.4 Å². The molecule has 1 amide bonds. The van der Waals surface area contributed by atoms with E-state index in [9.17, 15) is 22.4 Å². The van der Waals surface area contributed by atoms with Gasteiger partial charge in [0.25, 0.3) is 5.91 Å². The molecule has 1 atom stereocenters. The van der Waals surface area contributed by atoms with Crippen molar-refractivity contribution in [2.75, 3.05) is 0 Å². The van der Waals surface area contributed by atoms with Crippen LogP contribution >= 0.6 is 0 Å². The van der Waals surface area contributed by atoms with E-state index in [-0.39, 0.29) is 40.9 Å². The molecule has 0 spiro atoms. The zero-order valence-electron chi connectivity index (χ0n) is 21.3. The fourth-order valence-corrected chi connectivity index (χ4v) is 5.10. The Bertz CT molecular complexity index is 1420. The highest BCUT2D eigenvalue weighted by Gasteiger charge is 2.27. The van der Waals surface area contributed by atoms with Gasteiger partial charge in [-0.25, -0.2) is 22.9 Å². The molecular weight excluding hydrogens is 511 g/mol. The van der Waals surface area contributed by atoms with Crippen LogP contribution in [0.25, 0.3) is 11.4 Å². The number of halogens is 1. The van der Waals surface area contributed by atoms with E-state index in [0.717, 1.165) is 12.8 Å². The highest BCUT2D eigenvalue weighted by Crippen LogP contribution is 2.29. The lowest BCUT2D eigenvalue weighted by Crippen LogP contribution is -2.26. The average Bonchev–Trinajstić information content (AvgIpc) is 3.26. The van der Waals surface area contributed by atoms with Crippen molar-refractivity contribution in [1.29, 1.82) is 0 Å². The Labute approximate surface area is 221 Å². The van der Waals surface area contributed by atoms with Gasteiger partial charge >= 0.3 is 5.97 Å². The Hall–Kier alpha value is -3.57. The number of hydrogen-bond acceptors (Lipinski definition) is 6. The normalized spacial score (nSPS) is 15.9. The zero-order chi connectivity index (χ0) is 27.4. The maximum Gasteiger partial charge on any atom is 0.306 e. The molecule has 0 saturated carbocycles. The van der Waals surface area contributed by atoms with Gasteiger partial charge < -0.3 is 14.6 Å². The van der Waals surface area contributed by atoms with Crippen molar-refractivity contribution in [3.05, 3.63) is 71.3 Å². The lowest BCUT2D eigenvalue weighted by Gasteiger charge is -2.23. The van der Waals surface area contributed by atoms with Crippen molar-refractivity contribution in [2.45, 2.75) is 69.5 Å². The summed E-state index contributed by atoms with van der Waals surface area (Å²) in [5.41, 5.74) is 2.32. The number of cyclic esters (lactones) is 1. The topological polar surface area (TPSA) is 133 Å². The number of nitrogens with one attached hydrogen (secondary N) is 1. The summed E-state index contributed by atoms with van der Waals surface area (Å²) in [6, 6.07) is 11.9. The van der Waals surface area contributed by atoms with Crippen LogP contribution < -0.4 is 10.5 Å². The number of carbonyl (C=O) groups is 2. The first-order valence-electron chi connectivity index (χ1n) is 12.5.